The van der Waals surface area contributed by atoms with E-state index in [1.165, 1.54) is 24.3 Å². The molecular formula is C19H21F2N5O2. The van der Waals surface area contributed by atoms with Crippen molar-refractivity contribution < 1.29 is 13.7 Å². The Labute approximate surface area is 161 Å². The molecule has 0 aromatic heterocycles. The van der Waals surface area contributed by atoms with E-state index in [9.17, 15) is 18.9 Å². The maximum absolute atomic E-state index is 14.0. The Kier molecular flexibility index (Phi) is 6.03. The molecule has 1 atom stereocenters. The largest absolute Gasteiger partial charge is 0.367 e. The van der Waals surface area contributed by atoms with E-state index in [0.717, 1.165) is 18.1 Å². The molecule has 2 aromatic carbocycles. The molecule has 0 spiro atoms. The lowest BCUT2D eigenvalue weighted by Crippen LogP contribution is -2.44. The Morgan fingerprint density at radius 2 is 2.14 bits per heavy atom. The smallest absolute Gasteiger partial charge is 0.269 e. The molecule has 3 rings (SSSR count). The average molecular weight is 389 g/mol. The van der Waals surface area contributed by atoms with Crippen LogP contribution in [0.1, 0.15) is 12.0 Å². The van der Waals surface area contributed by atoms with Gasteiger partial charge in [-0.25, -0.2) is 8.78 Å². The van der Waals surface area contributed by atoms with Gasteiger partial charge in [0.15, 0.2) is 5.96 Å². The van der Waals surface area contributed by atoms with Gasteiger partial charge in [0, 0.05) is 50.9 Å². The second-order valence-corrected chi connectivity index (χ2v) is 6.52. The summed E-state index contributed by atoms with van der Waals surface area (Å²) >= 11 is 0. The van der Waals surface area contributed by atoms with Crippen molar-refractivity contribution >= 4 is 17.3 Å². The molecule has 0 amide bonds. The topological polar surface area (TPSA) is 82.8 Å². The van der Waals surface area contributed by atoms with Crippen molar-refractivity contribution in [3.63, 3.8) is 0 Å². The summed E-state index contributed by atoms with van der Waals surface area (Å²) in [6, 6.07) is 10.0. The van der Waals surface area contributed by atoms with Crippen LogP contribution in [0.4, 0.5) is 20.2 Å². The highest BCUT2D eigenvalue weighted by atomic mass is 19.1. The molecule has 0 aliphatic carbocycles. The summed E-state index contributed by atoms with van der Waals surface area (Å²) in [5.41, 5.74) is 1.18. The molecule has 7 nitrogen and oxygen atoms in total. The van der Waals surface area contributed by atoms with Crippen LogP contribution in [0, 0.1) is 21.7 Å². The van der Waals surface area contributed by atoms with Crippen LogP contribution in [0.3, 0.4) is 0 Å². The number of halogens is 2. The van der Waals surface area contributed by atoms with Crippen LogP contribution in [0.2, 0.25) is 0 Å². The third-order valence-electron chi connectivity index (χ3n) is 4.58. The summed E-state index contributed by atoms with van der Waals surface area (Å²) in [7, 11) is 1.63. The number of hydrogen-bond acceptors (Lipinski definition) is 4. The fourth-order valence-electron chi connectivity index (χ4n) is 3.19. The van der Waals surface area contributed by atoms with Gasteiger partial charge in [-0.3, -0.25) is 15.1 Å². The van der Waals surface area contributed by atoms with Crippen LogP contribution in [-0.4, -0.2) is 37.1 Å². The van der Waals surface area contributed by atoms with Crippen molar-refractivity contribution in [1.29, 1.82) is 0 Å². The lowest BCUT2D eigenvalue weighted by atomic mass is 10.2. The van der Waals surface area contributed by atoms with Gasteiger partial charge in [0.1, 0.15) is 11.6 Å². The zero-order valence-electron chi connectivity index (χ0n) is 15.4. The first-order valence-electron chi connectivity index (χ1n) is 8.87. The maximum Gasteiger partial charge on any atom is 0.269 e. The van der Waals surface area contributed by atoms with Gasteiger partial charge < -0.3 is 15.5 Å². The van der Waals surface area contributed by atoms with Gasteiger partial charge in [-0.1, -0.05) is 12.1 Å². The molecule has 2 aromatic rings. The predicted molar refractivity (Wildman–Crippen MR) is 103 cm³/mol. The van der Waals surface area contributed by atoms with E-state index < -0.39 is 16.6 Å². The third kappa shape index (κ3) is 4.73. The van der Waals surface area contributed by atoms with Crippen molar-refractivity contribution in [2.45, 2.75) is 19.0 Å². The Morgan fingerprint density at radius 1 is 1.32 bits per heavy atom. The Hall–Kier alpha value is -3.23. The van der Waals surface area contributed by atoms with Crippen molar-refractivity contribution in [2.75, 3.05) is 25.0 Å². The minimum atomic E-state index is -0.596. The maximum atomic E-state index is 14.0. The summed E-state index contributed by atoms with van der Waals surface area (Å²) in [4.78, 5) is 16.5. The quantitative estimate of drug-likeness (QED) is 0.356. The Morgan fingerprint density at radius 3 is 2.86 bits per heavy atom. The van der Waals surface area contributed by atoms with Crippen molar-refractivity contribution in [3.8, 4) is 0 Å². The van der Waals surface area contributed by atoms with Crippen LogP contribution in [-0.2, 0) is 6.54 Å². The summed E-state index contributed by atoms with van der Waals surface area (Å²) in [5.74, 6) is -0.618. The minimum absolute atomic E-state index is 0.0370. The molecule has 0 bridgehead atoms. The van der Waals surface area contributed by atoms with Gasteiger partial charge in [0.05, 0.1) is 10.6 Å². The van der Waals surface area contributed by atoms with Gasteiger partial charge in [-0.05, 0) is 24.1 Å². The third-order valence-corrected chi connectivity index (χ3v) is 4.58. The molecule has 148 valence electrons. The molecule has 1 aliphatic heterocycles. The second-order valence-electron chi connectivity index (χ2n) is 6.52. The number of hydrogen-bond donors (Lipinski definition) is 2. The number of nitrogens with zero attached hydrogens (tertiary/aromatic N) is 3. The van der Waals surface area contributed by atoms with E-state index in [1.807, 2.05) is 4.90 Å². The number of benzene rings is 2. The molecule has 1 heterocycles. The molecule has 9 heteroatoms. The molecule has 2 N–H and O–H groups in total. The zero-order chi connectivity index (χ0) is 20.1. The van der Waals surface area contributed by atoms with Crippen LogP contribution >= 0.6 is 0 Å². The molecule has 1 aliphatic rings. The van der Waals surface area contributed by atoms with Crippen molar-refractivity contribution in [1.82, 2.24) is 10.6 Å². The second kappa shape index (κ2) is 8.64. The summed E-state index contributed by atoms with van der Waals surface area (Å²) in [5, 5.41) is 17.3. The standard InChI is InChI=1S/C19H21F2N5O2/c1-22-19(23-11-13-3-2-4-16(9-13)26(27)28)24-15-7-8-25(12-15)18-6-5-14(20)10-17(18)21/h2-6,9-10,15H,7-8,11-12H2,1H3,(H2,22,23,24). The highest BCUT2D eigenvalue weighted by Gasteiger charge is 2.25. The fraction of sp³-hybridized carbons (Fsp3) is 0.316. The van der Waals surface area contributed by atoms with E-state index >= 15 is 0 Å². The van der Waals surface area contributed by atoms with Crippen LogP contribution in [0.25, 0.3) is 0 Å². The SMILES string of the molecule is CN=C(NCc1cccc([N+](=O)[O-])c1)NC1CCN(c2ccc(F)cc2F)C1. The highest BCUT2D eigenvalue weighted by molar-refractivity contribution is 5.80. The van der Waals surface area contributed by atoms with Gasteiger partial charge in [-0.15, -0.1) is 0 Å². The minimum Gasteiger partial charge on any atom is -0.367 e. The first-order valence-corrected chi connectivity index (χ1v) is 8.87. The Bertz CT molecular complexity index is 890. The predicted octanol–water partition coefficient (Wildman–Crippen LogP) is 2.82. The van der Waals surface area contributed by atoms with Gasteiger partial charge >= 0.3 is 0 Å². The monoisotopic (exact) mass is 389 g/mol. The molecule has 0 radical (unpaired) electrons. The molecule has 0 saturated carbocycles. The number of guanidine groups is 1. The number of nitrogens with one attached hydrogen (secondary N) is 2. The first-order chi connectivity index (χ1) is 13.5. The lowest BCUT2D eigenvalue weighted by Gasteiger charge is -2.21. The summed E-state index contributed by atoms with van der Waals surface area (Å²) in [6.45, 7) is 1.58. The van der Waals surface area contributed by atoms with Gasteiger partial charge in [-0.2, -0.15) is 0 Å². The van der Waals surface area contributed by atoms with Gasteiger partial charge in [0.2, 0.25) is 0 Å². The summed E-state index contributed by atoms with van der Waals surface area (Å²) in [6.07, 6.45) is 0.772. The number of anilines is 1. The molecule has 1 saturated heterocycles. The number of rotatable bonds is 5. The number of nitro groups is 1. The van der Waals surface area contributed by atoms with E-state index in [-0.39, 0.29) is 11.7 Å². The van der Waals surface area contributed by atoms with E-state index in [4.69, 9.17) is 0 Å². The van der Waals surface area contributed by atoms with Crippen molar-refractivity contribution in [3.05, 3.63) is 69.8 Å². The number of aliphatic imine (C=N–C) groups is 1. The van der Waals surface area contributed by atoms with E-state index in [1.54, 1.807) is 19.2 Å². The van der Waals surface area contributed by atoms with Gasteiger partial charge in [0.25, 0.3) is 5.69 Å². The van der Waals surface area contributed by atoms with Crippen molar-refractivity contribution in [2.24, 2.45) is 4.99 Å². The molecule has 28 heavy (non-hydrogen) atoms. The normalized spacial score (nSPS) is 16.9. The number of non-ortho nitro benzene ring substituents is 1. The van der Waals surface area contributed by atoms with E-state index in [0.29, 0.717) is 31.3 Å². The lowest BCUT2D eigenvalue weighted by molar-refractivity contribution is -0.384. The highest BCUT2D eigenvalue weighted by Crippen LogP contribution is 2.24. The fourth-order valence-corrected chi connectivity index (χ4v) is 3.19. The van der Waals surface area contributed by atoms with E-state index in [2.05, 4.69) is 15.6 Å². The van der Waals surface area contributed by atoms with Crippen LogP contribution < -0.4 is 15.5 Å². The summed E-state index contributed by atoms with van der Waals surface area (Å²) < 4.78 is 27.1. The molecular weight excluding hydrogens is 368 g/mol. The van der Waals surface area contributed by atoms with Crippen LogP contribution in [0.15, 0.2) is 47.5 Å². The molecule has 1 unspecified atom stereocenters. The first kappa shape index (κ1) is 19.5. The average Bonchev–Trinajstić information content (AvgIpc) is 3.13. The van der Waals surface area contributed by atoms with Crippen LogP contribution in [0.5, 0.6) is 0 Å². The number of nitro benzene ring substituents is 1. The Balaban J connectivity index is 1.55. The molecule has 1 fully saturated rings. The zero-order valence-corrected chi connectivity index (χ0v) is 15.4.